The van der Waals surface area contributed by atoms with Crippen LogP contribution in [0.4, 0.5) is 0 Å². The van der Waals surface area contributed by atoms with Gasteiger partial charge in [0.15, 0.2) is 6.10 Å². The molecule has 0 aromatic heterocycles. The first-order chi connectivity index (χ1) is 16.5. The van der Waals surface area contributed by atoms with Gasteiger partial charge in [0.1, 0.15) is 6.10 Å². The highest BCUT2D eigenvalue weighted by molar-refractivity contribution is 5.68. The topological polar surface area (TPSA) is 52.6 Å². The zero-order valence-electron chi connectivity index (χ0n) is 23.4. The molecular weight excluding hydrogens is 436 g/mol. The van der Waals surface area contributed by atoms with E-state index in [1.165, 1.54) is 64.4 Å². The first-order valence-electron chi connectivity index (χ1n) is 14.5. The third-order valence-corrected chi connectivity index (χ3v) is 10.9. The van der Waals surface area contributed by atoms with Crippen LogP contribution >= 0.6 is 0 Å². The fourth-order valence-electron chi connectivity index (χ4n) is 9.36. The van der Waals surface area contributed by atoms with Crippen molar-refractivity contribution in [1.29, 1.82) is 0 Å². The van der Waals surface area contributed by atoms with Crippen molar-refractivity contribution in [3.05, 3.63) is 11.6 Å². The van der Waals surface area contributed by atoms with Crippen LogP contribution in [0.25, 0.3) is 0 Å². The van der Waals surface area contributed by atoms with Crippen molar-refractivity contribution in [3.63, 3.8) is 0 Å². The van der Waals surface area contributed by atoms with Gasteiger partial charge in [-0.3, -0.25) is 9.59 Å². The van der Waals surface area contributed by atoms with Crippen molar-refractivity contribution in [2.75, 3.05) is 0 Å². The minimum absolute atomic E-state index is 0.0297. The van der Waals surface area contributed by atoms with Crippen LogP contribution in [0.3, 0.4) is 0 Å². The Kier molecular flexibility index (Phi) is 7.80. The third-order valence-electron chi connectivity index (χ3n) is 10.9. The molecule has 0 bridgehead atoms. The third kappa shape index (κ3) is 4.97. The highest BCUT2D eigenvalue weighted by atomic mass is 16.6. The van der Waals surface area contributed by atoms with E-state index in [2.05, 4.69) is 40.7 Å². The maximum absolute atomic E-state index is 12.0. The highest BCUT2D eigenvalue weighted by Crippen LogP contribution is 2.67. The normalized spacial score (nSPS) is 41.3. The van der Waals surface area contributed by atoms with E-state index in [1.807, 2.05) is 0 Å². The van der Waals surface area contributed by atoms with Gasteiger partial charge in [-0.25, -0.2) is 0 Å². The van der Waals surface area contributed by atoms with Crippen molar-refractivity contribution < 1.29 is 19.1 Å². The first kappa shape index (κ1) is 26.7. The highest BCUT2D eigenvalue weighted by Gasteiger charge is 2.60. The van der Waals surface area contributed by atoms with Crippen LogP contribution in [0.5, 0.6) is 0 Å². The molecule has 0 spiro atoms. The number of hydrogen-bond donors (Lipinski definition) is 0. The van der Waals surface area contributed by atoms with Crippen molar-refractivity contribution in [2.45, 2.75) is 125 Å². The molecule has 0 aliphatic heterocycles. The summed E-state index contributed by atoms with van der Waals surface area (Å²) in [5.74, 6) is 4.04. The van der Waals surface area contributed by atoms with E-state index < -0.39 is 6.10 Å². The molecule has 0 amide bonds. The largest absolute Gasteiger partial charge is 0.458 e. The molecule has 9 atom stereocenters. The Morgan fingerprint density at radius 2 is 1.66 bits per heavy atom. The smallest absolute Gasteiger partial charge is 0.303 e. The SMILES string of the molecule is CC(=O)O[C@H]1CC[C@@]2(C)C(=CC[C@@H]3[C@H]4CC[C@@H]([C@H](C)CCCC(C)C)[C@@]4(C)CC[C@H]32)[C@@H]1OC(C)=O. The zero-order chi connectivity index (χ0) is 25.5. The standard InChI is InChI=1S/C31H50O4/c1-19(2)9-8-10-20(3)24-13-14-25-23-11-12-27-29(35-22(5)33)28(34-21(4)32)16-18-31(27,7)26(23)15-17-30(24,25)6/h12,19-20,23-26,28-29H,8-11,13-18H2,1-7H3/t20-,23-,24+,25-,26-,28+,29+,30-,31-/m1/s1. The van der Waals surface area contributed by atoms with Crippen LogP contribution in [0.1, 0.15) is 113 Å². The molecule has 4 heteroatoms. The Labute approximate surface area is 214 Å². The Hall–Kier alpha value is -1.32. The van der Waals surface area contributed by atoms with Crippen molar-refractivity contribution >= 4 is 11.9 Å². The summed E-state index contributed by atoms with van der Waals surface area (Å²) < 4.78 is 11.5. The molecule has 4 aliphatic rings. The minimum Gasteiger partial charge on any atom is -0.458 e. The molecule has 3 fully saturated rings. The maximum Gasteiger partial charge on any atom is 0.303 e. The Morgan fingerprint density at radius 3 is 2.31 bits per heavy atom. The Balaban J connectivity index is 1.55. The molecule has 4 rings (SSSR count). The van der Waals surface area contributed by atoms with Gasteiger partial charge < -0.3 is 9.47 Å². The molecule has 0 aromatic rings. The van der Waals surface area contributed by atoms with E-state index in [1.54, 1.807) is 0 Å². The van der Waals surface area contributed by atoms with Gasteiger partial charge in [-0.05, 0) is 96.9 Å². The van der Waals surface area contributed by atoms with E-state index in [0.717, 1.165) is 48.9 Å². The van der Waals surface area contributed by atoms with Crippen LogP contribution in [-0.2, 0) is 19.1 Å². The fourth-order valence-corrected chi connectivity index (χ4v) is 9.36. The Morgan fingerprint density at radius 1 is 0.943 bits per heavy atom. The van der Waals surface area contributed by atoms with Crippen LogP contribution < -0.4 is 0 Å². The lowest BCUT2D eigenvalue weighted by molar-refractivity contribution is -0.170. The molecule has 4 aliphatic carbocycles. The van der Waals surface area contributed by atoms with Crippen molar-refractivity contribution in [1.82, 2.24) is 0 Å². The van der Waals surface area contributed by atoms with Crippen LogP contribution in [0.2, 0.25) is 0 Å². The first-order valence-corrected chi connectivity index (χ1v) is 14.5. The lowest BCUT2D eigenvalue weighted by atomic mass is 9.46. The molecule has 0 radical (unpaired) electrons. The molecule has 0 aromatic carbocycles. The molecule has 4 nitrogen and oxygen atoms in total. The second-order valence-electron chi connectivity index (χ2n) is 13.4. The molecule has 0 heterocycles. The number of esters is 2. The second kappa shape index (κ2) is 10.2. The van der Waals surface area contributed by atoms with Gasteiger partial charge >= 0.3 is 11.9 Å². The van der Waals surface area contributed by atoms with Gasteiger partial charge in [-0.2, -0.15) is 0 Å². The van der Waals surface area contributed by atoms with E-state index in [0.29, 0.717) is 11.3 Å². The average molecular weight is 487 g/mol. The van der Waals surface area contributed by atoms with E-state index in [4.69, 9.17) is 9.47 Å². The van der Waals surface area contributed by atoms with Gasteiger partial charge in [0.25, 0.3) is 0 Å². The number of fused-ring (bicyclic) bond motifs is 5. The number of carbonyl (C=O) groups excluding carboxylic acids is 2. The fraction of sp³-hybridized carbons (Fsp3) is 0.871. The summed E-state index contributed by atoms with van der Waals surface area (Å²) in [6.07, 6.45) is 13.9. The Bertz CT molecular complexity index is 830. The lowest BCUT2D eigenvalue weighted by Crippen LogP contribution is -2.55. The number of hydrogen-bond acceptors (Lipinski definition) is 4. The van der Waals surface area contributed by atoms with Crippen molar-refractivity contribution in [3.8, 4) is 0 Å². The monoisotopic (exact) mass is 486 g/mol. The molecule has 0 unspecified atom stereocenters. The van der Waals surface area contributed by atoms with Crippen LogP contribution in [0.15, 0.2) is 11.6 Å². The van der Waals surface area contributed by atoms with Gasteiger partial charge in [0.2, 0.25) is 0 Å². The number of carbonyl (C=O) groups is 2. The summed E-state index contributed by atoms with van der Waals surface area (Å²) in [6.45, 7) is 15.2. The van der Waals surface area contributed by atoms with Gasteiger partial charge in [0, 0.05) is 13.8 Å². The van der Waals surface area contributed by atoms with Gasteiger partial charge in [-0.1, -0.05) is 60.0 Å². The van der Waals surface area contributed by atoms with Crippen molar-refractivity contribution in [2.24, 2.45) is 46.3 Å². The molecule has 35 heavy (non-hydrogen) atoms. The summed E-state index contributed by atoms with van der Waals surface area (Å²) in [7, 11) is 0. The maximum atomic E-state index is 12.0. The van der Waals surface area contributed by atoms with E-state index >= 15 is 0 Å². The average Bonchev–Trinajstić information content (AvgIpc) is 3.12. The van der Waals surface area contributed by atoms with E-state index in [9.17, 15) is 9.59 Å². The van der Waals surface area contributed by atoms with E-state index in [-0.39, 0.29) is 23.5 Å². The van der Waals surface area contributed by atoms with Crippen LogP contribution in [0, 0.1) is 46.3 Å². The molecule has 0 N–H and O–H groups in total. The predicted molar refractivity (Wildman–Crippen MR) is 140 cm³/mol. The number of ether oxygens (including phenoxy) is 2. The molecule has 3 saturated carbocycles. The predicted octanol–water partition coefficient (Wildman–Crippen LogP) is 7.50. The molecule has 198 valence electrons. The van der Waals surface area contributed by atoms with Crippen LogP contribution in [-0.4, -0.2) is 24.1 Å². The summed E-state index contributed by atoms with van der Waals surface area (Å²) in [6, 6.07) is 0. The minimum atomic E-state index is -0.429. The number of allylic oxidation sites excluding steroid dienone is 1. The van der Waals surface area contributed by atoms with Gasteiger partial charge in [0.05, 0.1) is 0 Å². The number of rotatable bonds is 7. The second-order valence-corrected chi connectivity index (χ2v) is 13.4. The lowest BCUT2D eigenvalue weighted by Gasteiger charge is -2.59. The quantitative estimate of drug-likeness (QED) is 0.276. The summed E-state index contributed by atoms with van der Waals surface area (Å²) in [5.41, 5.74) is 1.72. The summed E-state index contributed by atoms with van der Waals surface area (Å²) in [4.78, 5) is 23.8. The summed E-state index contributed by atoms with van der Waals surface area (Å²) >= 11 is 0. The summed E-state index contributed by atoms with van der Waals surface area (Å²) in [5, 5.41) is 0. The molecular formula is C31H50O4. The zero-order valence-corrected chi connectivity index (χ0v) is 23.4. The molecule has 0 saturated heterocycles. The van der Waals surface area contributed by atoms with Gasteiger partial charge in [-0.15, -0.1) is 0 Å².